The van der Waals surface area contributed by atoms with Crippen molar-refractivity contribution in [2.24, 2.45) is 0 Å². The number of carbonyl (C=O) groups is 2. The number of amides is 2. The maximum absolute atomic E-state index is 13.5. The number of benzene rings is 2. The van der Waals surface area contributed by atoms with Crippen LogP contribution in [-0.4, -0.2) is 50.5 Å². The summed E-state index contributed by atoms with van der Waals surface area (Å²) in [7, 11) is -3.87. The smallest absolute Gasteiger partial charge is 0.244 e. The lowest BCUT2D eigenvalue weighted by molar-refractivity contribution is -0.140. The highest BCUT2D eigenvalue weighted by atomic mass is 35.5. The van der Waals surface area contributed by atoms with E-state index in [1.165, 1.54) is 23.1 Å². The normalized spacial score (nSPS) is 12.2. The van der Waals surface area contributed by atoms with Crippen LogP contribution in [0.4, 0.5) is 5.69 Å². The standard InChI is InChI=1S/C22H26Cl3N3O4S/c1-4-20(22(30)26-5-2)27(13-15-6-8-16(23)9-7-15)21(29)14-28(33(3,31)32)19-11-17(24)10-18(25)12-19/h6-12,20H,4-5,13-14H2,1-3H3,(H,26,30). The molecule has 1 N–H and O–H groups in total. The van der Waals surface area contributed by atoms with E-state index in [0.29, 0.717) is 18.0 Å². The van der Waals surface area contributed by atoms with Crippen molar-refractivity contribution in [3.05, 3.63) is 63.1 Å². The van der Waals surface area contributed by atoms with Crippen molar-refractivity contribution in [3.63, 3.8) is 0 Å². The highest BCUT2D eigenvalue weighted by Gasteiger charge is 2.31. The van der Waals surface area contributed by atoms with Gasteiger partial charge in [-0.25, -0.2) is 8.42 Å². The third-order valence-electron chi connectivity index (χ3n) is 4.82. The van der Waals surface area contributed by atoms with Crippen LogP contribution in [0.25, 0.3) is 0 Å². The van der Waals surface area contributed by atoms with Gasteiger partial charge in [-0.05, 0) is 49.2 Å². The van der Waals surface area contributed by atoms with Gasteiger partial charge in [0.15, 0.2) is 0 Å². The lowest BCUT2D eigenvalue weighted by Crippen LogP contribution is -2.52. The summed E-state index contributed by atoms with van der Waals surface area (Å²) < 4.78 is 26.0. The first-order valence-electron chi connectivity index (χ1n) is 10.2. The first-order valence-corrected chi connectivity index (χ1v) is 13.2. The zero-order valence-electron chi connectivity index (χ0n) is 18.5. The zero-order valence-corrected chi connectivity index (χ0v) is 21.6. The molecule has 1 unspecified atom stereocenters. The van der Waals surface area contributed by atoms with Crippen LogP contribution in [0.2, 0.25) is 15.1 Å². The summed E-state index contributed by atoms with van der Waals surface area (Å²) in [5, 5.41) is 3.73. The van der Waals surface area contributed by atoms with Gasteiger partial charge >= 0.3 is 0 Å². The summed E-state index contributed by atoms with van der Waals surface area (Å²) in [6.07, 6.45) is 1.33. The van der Waals surface area contributed by atoms with Gasteiger partial charge < -0.3 is 10.2 Å². The second-order valence-corrected chi connectivity index (χ2v) is 10.6. The van der Waals surface area contributed by atoms with Crippen molar-refractivity contribution in [3.8, 4) is 0 Å². The van der Waals surface area contributed by atoms with E-state index in [2.05, 4.69) is 5.32 Å². The number of hydrogen-bond donors (Lipinski definition) is 1. The second-order valence-electron chi connectivity index (χ2n) is 7.36. The molecule has 0 saturated carbocycles. The van der Waals surface area contributed by atoms with Crippen LogP contribution in [-0.2, 0) is 26.2 Å². The fourth-order valence-corrected chi connectivity index (χ4v) is 4.77. The first-order chi connectivity index (χ1) is 15.5. The number of nitrogens with zero attached hydrogens (tertiary/aromatic N) is 2. The molecular weight excluding hydrogens is 509 g/mol. The highest BCUT2D eigenvalue weighted by Crippen LogP contribution is 2.27. The predicted molar refractivity (Wildman–Crippen MR) is 133 cm³/mol. The van der Waals surface area contributed by atoms with Gasteiger partial charge in [0.25, 0.3) is 0 Å². The molecule has 2 aromatic carbocycles. The van der Waals surface area contributed by atoms with E-state index in [0.717, 1.165) is 16.1 Å². The van der Waals surface area contributed by atoms with Crippen LogP contribution in [0.5, 0.6) is 0 Å². The van der Waals surface area contributed by atoms with E-state index in [1.807, 2.05) is 0 Å². The van der Waals surface area contributed by atoms with E-state index < -0.39 is 28.5 Å². The van der Waals surface area contributed by atoms with Crippen molar-refractivity contribution in [1.29, 1.82) is 0 Å². The van der Waals surface area contributed by atoms with Gasteiger partial charge in [0.05, 0.1) is 11.9 Å². The molecule has 0 bridgehead atoms. The molecule has 0 aromatic heterocycles. The number of nitrogens with one attached hydrogen (secondary N) is 1. The van der Waals surface area contributed by atoms with Gasteiger partial charge in [0.2, 0.25) is 21.8 Å². The van der Waals surface area contributed by atoms with Gasteiger partial charge in [-0.1, -0.05) is 53.9 Å². The third-order valence-corrected chi connectivity index (χ3v) is 6.65. The maximum Gasteiger partial charge on any atom is 0.244 e. The molecule has 11 heteroatoms. The molecule has 0 aliphatic carbocycles. The van der Waals surface area contributed by atoms with Crippen molar-refractivity contribution in [2.75, 3.05) is 23.7 Å². The second kappa shape index (κ2) is 11.9. The van der Waals surface area contributed by atoms with Crippen LogP contribution in [0, 0.1) is 0 Å². The average molecular weight is 535 g/mol. The van der Waals surface area contributed by atoms with Crippen LogP contribution in [0.15, 0.2) is 42.5 Å². The lowest BCUT2D eigenvalue weighted by atomic mass is 10.1. The van der Waals surface area contributed by atoms with Crippen molar-refractivity contribution in [1.82, 2.24) is 10.2 Å². The van der Waals surface area contributed by atoms with Crippen LogP contribution in [0.3, 0.4) is 0 Å². The van der Waals surface area contributed by atoms with Crippen LogP contribution in [0.1, 0.15) is 25.8 Å². The number of rotatable bonds is 10. The Morgan fingerprint density at radius 1 is 0.970 bits per heavy atom. The van der Waals surface area contributed by atoms with Gasteiger partial charge in [-0.2, -0.15) is 0 Å². The topological polar surface area (TPSA) is 86.8 Å². The Bertz CT molecular complexity index is 1070. The minimum absolute atomic E-state index is 0.0968. The van der Waals surface area contributed by atoms with Crippen molar-refractivity contribution in [2.45, 2.75) is 32.9 Å². The Morgan fingerprint density at radius 2 is 1.55 bits per heavy atom. The van der Waals surface area contributed by atoms with Gasteiger partial charge in [-0.15, -0.1) is 0 Å². The van der Waals surface area contributed by atoms with Gasteiger partial charge in [0.1, 0.15) is 12.6 Å². The Hall–Kier alpha value is -2.00. The largest absolute Gasteiger partial charge is 0.355 e. The summed E-state index contributed by atoms with van der Waals surface area (Å²) >= 11 is 18.1. The maximum atomic E-state index is 13.5. The van der Waals surface area contributed by atoms with E-state index in [1.54, 1.807) is 38.1 Å². The Balaban J connectivity index is 2.45. The molecule has 0 radical (unpaired) electrons. The molecular formula is C22H26Cl3N3O4S. The molecule has 1 atom stereocenters. The summed E-state index contributed by atoms with van der Waals surface area (Å²) in [4.78, 5) is 27.6. The Kier molecular flexibility index (Phi) is 9.84. The molecule has 2 amide bonds. The fraction of sp³-hybridized carbons (Fsp3) is 0.364. The van der Waals surface area contributed by atoms with E-state index in [9.17, 15) is 18.0 Å². The lowest BCUT2D eigenvalue weighted by Gasteiger charge is -2.32. The van der Waals surface area contributed by atoms with Crippen molar-refractivity contribution < 1.29 is 18.0 Å². The molecule has 0 saturated heterocycles. The number of anilines is 1. The first kappa shape index (κ1) is 27.2. The van der Waals surface area contributed by atoms with Gasteiger partial charge in [0, 0.05) is 28.2 Å². The molecule has 0 heterocycles. The molecule has 180 valence electrons. The van der Waals surface area contributed by atoms with Gasteiger partial charge in [-0.3, -0.25) is 13.9 Å². The molecule has 2 rings (SSSR count). The Labute approximate surface area is 209 Å². The number of sulfonamides is 1. The molecule has 0 fully saturated rings. The van der Waals surface area contributed by atoms with Crippen LogP contribution >= 0.6 is 34.8 Å². The number of halogens is 3. The average Bonchev–Trinajstić information content (AvgIpc) is 2.71. The number of likely N-dealkylation sites (N-methyl/N-ethyl adjacent to an activating group) is 1. The van der Waals surface area contributed by atoms with E-state index in [4.69, 9.17) is 34.8 Å². The fourth-order valence-electron chi connectivity index (χ4n) is 3.30. The summed E-state index contributed by atoms with van der Waals surface area (Å²) in [6.45, 7) is 3.53. The third kappa shape index (κ3) is 7.78. The highest BCUT2D eigenvalue weighted by molar-refractivity contribution is 7.92. The monoisotopic (exact) mass is 533 g/mol. The van der Waals surface area contributed by atoms with E-state index >= 15 is 0 Å². The predicted octanol–water partition coefficient (Wildman–Crippen LogP) is 4.36. The SMILES string of the molecule is CCNC(=O)C(CC)N(Cc1ccc(Cl)cc1)C(=O)CN(c1cc(Cl)cc(Cl)c1)S(C)(=O)=O. The van der Waals surface area contributed by atoms with E-state index in [-0.39, 0.29) is 28.2 Å². The minimum Gasteiger partial charge on any atom is -0.355 e. The zero-order chi connectivity index (χ0) is 24.8. The molecule has 2 aromatic rings. The molecule has 33 heavy (non-hydrogen) atoms. The molecule has 0 aliphatic rings. The van der Waals surface area contributed by atoms with Crippen molar-refractivity contribution >= 4 is 62.3 Å². The molecule has 0 aliphatic heterocycles. The quantitative estimate of drug-likeness (QED) is 0.491. The number of hydrogen-bond acceptors (Lipinski definition) is 4. The molecule has 0 spiro atoms. The minimum atomic E-state index is -3.87. The van der Waals surface area contributed by atoms with Crippen LogP contribution < -0.4 is 9.62 Å². The molecule has 7 nitrogen and oxygen atoms in total. The summed E-state index contributed by atoms with van der Waals surface area (Å²) in [5.74, 6) is -0.872. The number of carbonyl (C=O) groups excluding carboxylic acids is 2. The Morgan fingerprint density at radius 3 is 2.03 bits per heavy atom. The summed E-state index contributed by atoms with van der Waals surface area (Å²) in [6, 6.07) is 10.4. The summed E-state index contributed by atoms with van der Waals surface area (Å²) in [5.41, 5.74) is 0.896.